The molecule has 2 aromatic carbocycles. The van der Waals surface area contributed by atoms with Crippen molar-refractivity contribution < 1.29 is 14.6 Å². The average molecular weight is 479 g/mol. The number of aliphatic hydroxyl groups is 1. The van der Waals surface area contributed by atoms with Gasteiger partial charge >= 0.3 is 5.97 Å². The Labute approximate surface area is 205 Å². The van der Waals surface area contributed by atoms with Crippen molar-refractivity contribution in [2.75, 3.05) is 18.6 Å². The zero-order valence-electron chi connectivity index (χ0n) is 19.3. The molecule has 0 saturated heterocycles. The van der Waals surface area contributed by atoms with Crippen molar-refractivity contribution >= 4 is 61.2 Å². The second-order valence-corrected chi connectivity index (χ2v) is 8.03. The number of benzene rings is 2. The fourth-order valence-corrected chi connectivity index (χ4v) is 4.11. The van der Waals surface area contributed by atoms with Crippen molar-refractivity contribution in [3.05, 3.63) is 84.2 Å². The molecular weight excluding hydrogens is 456 g/mol. The van der Waals surface area contributed by atoms with E-state index in [9.17, 15) is 4.79 Å². The Hall–Kier alpha value is -4.89. The lowest BCUT2D eigenvalue weighted by Crippen LogP contribution is -2.02. The molecule has 0 saturated carbocycles. The molecule has 5 N–H and O–H groups in total. The summed E-state index contributed by atoms with van der Waals surface area (Å²) >= 11 is 0. The smallest absolute Gasteiger partial charge is 0.337 e. The Kier molecular flexibility index (Phi) is 5.97. The number of pyridine rings is 4. The minimum atomic E-state index is -0.395. The van der Waals surface area contributed by atoms with Crippen LogP contribution >= 0.6 is 0 Å². The Balaban J connectivity index is 0.000000149. The Morgan fingerprint density at radius 3 is 1.92 bits per heavy atom. The van der Waals surface area contributed by atoms with Crippen LogP contribution in [0.15, 0.2) is 73.1 Å². The van der Waals surface area contributed by atoms with Crippen LogP contribution in [0.2, 0.25) is 0 Å². The fourth-order valence-electron chi connectivity index (χ4n) is 4.11. The van der Waals surface area contributed by atoms with Crippen LogP contribution in [0.25, 0.3) is 43.6 Å². The van der Waals surface area contributed by atoms with Gasteiger partial charge in [-0.1, -0.05) is 30.3 Å². The van der Waals surface area contributed by atoms with Gasteiger partial charge in [0, 0.05) is 33.9 Å². The lowest BCUT2D eigenvalue weighted by molar-refractivity contribution is 0.0601. The molecule has 0 amide bonds. The number of carbonyl (C=O) groups excluding carboxylic acids is 1. The number of aliphatic hydroxyl groups excluding tert-OH is 1. The summed E-state index contributed by atoms with van der Waals surface area (Å²) in [6, 6.07) is 18.5. The summed E-state index contributed by atoms with van der Waals surface area (Å²) in [6.07, 6.45) is 3.38. The molecule has 6 rings (SSSR count). The number of aromatic nitrogens is 4. The standard InChI is InChI=1S/C14H11N3O2.C13H11N3O/c1-19-14(18)8-4-5-9-10-3-2-6-16-12(10)13(15)17-11(9)7-8;14-13-12-10(2-1-5-15-12)9-4-3-8(7-17)6-11(9)16-13/h2-7H,1H3,(H2,15,17);1-6,17H,7H2,(H2,14,16). The highest BCUT2D eigenvalue weighted by molar-refractivity contribution is 6.09. The number of carbonyl (C=O) groups is 1. The van der Waals surface area contributed by atoms with Crippen LogP contribution in [-0.4, -0.2) is 38.1 Å². The maximum absolute atomic E-state index is 11.5. The Bertz CT molecular complexity index is 1770. The molecule has 0 fully saturated rings. The zero-order valence-corrected chi connectivity index (χ0v) is 19.3. The summed E-state index contributed by atoms with van der Waals surface area (Å²) in [4.78, 5) is 28.6. The molecule has 0 aliphatic carbocycles. The first kappa shape index (κ1) is 22.9. The van der Waals surface area contributed by atoms with E-state index in [1.807, 2.05) is 48.5 Å². The summed E-state index contributed by atoms with van der Waals surface area (Å²) in [7, 11) is 1.35. The number of ether oxygens (including phenoxy) is 1. The topological polar surface area (TPSA) is 150 Å². The van der Waals surface area contributed by atoms with Crippen LogP contribution in [-0.2, 0) is 11.3 Å². The van der Waals surface area contributed by atoms with Crippen molar-refractivity contribution in [3.63, 3.8) is 0 Å². The molecule has 0 spiro atoms. The Morgan fingerprint density at radius 1 is 0.806 bits per heavy atom. The number of methoxy groups -OCH3 is 1. The summed E-state index contributed by atoms with van der Waals surface area (Å²) in [6.45, 7) is 0.00258. The maximum Gasteiger partial charge on any atom is 0.337 e. The molecular formula is C27H22N6O3. The molecule has 0 unspecified atom stereocenters. The quantitative estimate of drug-likeness (QED) is 0.248. The van der Waals surface area contributed by atoms with Gasteiger partial charge in [0.1, 0.15) is 11.0 Å². The molecule has 9 nitrogen and oxygen atoms in total. The minimum Gasteiger partial charge on any atom is -0.465 e. The highest BCUT2D eigenvalue weighted by atomic mass is 16.5. The number of fused-ring (bicyclic) bond motifs is 6. The largest absolute Gasteiger partial charge is 0.465 e. The summed E-state index contributed by atoms with van der Waals surface area (Å²) in [5, 5.41) is 12.9. The number of nitrogens with two attached hydrogens (primary N) is 2. The SMILES string of the molecule is COC(=O)c1ccc2c(c1)nc(N)c1ncccc12.Nc1nc2cc(CO)ccc2c2cccnc12. The number of anilines is 2. The Morgan fingerprint density at radius 2 is 1.36 bits per heavy atom. The van der Waals surface area contributed by atoms with Crippen LogP contribution in [0.5, 0.6) is 0 Å². The van der Waals surface area contributed by atoms with Gasteiger partial charge in [0.2, 0.25) is 0 Å². The maximum atomic E-state index is 11.5. The van der Waals surface area contributed by atoms with Gasteiger partial charge in [-0.25, -0.2) is 14.8 Å². The van der Waals surface area contributed by atoms with Crippen molar-refractivity contribution in [2.24, 2.45) is 0 Å². The van der Waals surface area contributed by atoms with E-state index in [0.29, 0.717) is 28.2 Å². The van der Waals surface area contributed by atoms with Crippen molar-refractivity contribution in [1.29, 1.82) is 0 Å². The zero-order chi connectivity index (χ0) is 25.2. The van der Waals surface area contributed by atoms with Gasteiger partial charge in [0.05, 0.1) is 30.3 Å². The molecule has 0 atom stereocenters. The van der Waals surface area contributed by atoms with Crippen LogP contribution in [0.1, 0.15) is 15.9 Å². The summed E-state index contributed by atoms with van der Waals surface area (Å²) in [5.41, 5.74) is 15.9. The number of nitrogens with zero attached hydrogens (tertiary/aromatic N) is 4. The first-order valence-electron chi connectivity index (χ1n) is 11.1. The molecule has 36 heavy (non-hydrogen) atoms. The van der Waals surface area contributed by atoms with Gasteiger partial charge in [-0.15, -0.1) is 0 Å². The van der Waals surface area contributed by atoms with Crippen LogP contribution in [0, 0.1) is 0 Å². The number of esters is 1. The van der Waals surface area contributed by atoms with E-state index in [1.54, 1.807) is 24.5 Å². The molecule has 0 radical (unpaired) electrons. The van der Waals surface area contributed by atoms with E-state index < -0.39 is 5.97 Å². The molecule has 4 aromatic heterocycles. The lowest BCUT2D eigenvalue weighted by Gasteiger charge is -2.06. The highest BCUT2D eigenvalue weighted by Crippen LogP contribution is 2.28. The first-order chi connectivity index (χ1) is 17.5. The third kappa shape index (κ3) is 4.08. The number of hydrogen-bond acceptors (Lipinski definition) is 9. The first-order valence-corrected chi connectivity index (χ1v) is 11.1. The van der Waals surface area contributed by atoms with Gasteiger partial charge in [0.15, 0.2) is 11.6 Å². The summed E-state index contributed by atoms with van der Waals surface area (Å²) < 4.78 is 4.69. The van der Waals surface area contributed by atoms with Crippen molar-refractivity contribution in [3.8, 4) is 0 Å². The predicted molar refractivity (Wildman–Crippen MR) is 140 cm³/mol. The van der Waals surface area contributed by atoms with Crippen LogP contribution < -0.4 is 11.5 Å². The van der Waals surface area contributed by atoms with E-state index >= 15 is 0 Å². The van der Waals surface area contributed by atoms with Crippen LogP contribution in [0.3, 0.4) is 0 Å². The monoisotopic (exact) mass is 478 g/mol. The van der Waals surface area contributed by atoms with Gasteiger partial charge in [-0.05, 0) is 35.9 Å². The molecule has 0 aliphatic rings. The van der Waals surface area contributed by atoms with E-state index in [1.165, 1.54) is 7.11 Å². The molecule has 0 aliphatic heterocycles. The third-order valence-electron chi connectivity index (χ3n) is 5.83. The van der Waals surface area contributed by atoms with E-state index in [-0.39, 0.29) is 6.61 Å². The van der Waals surface area contributed by atoms with Gasteiger partial charge in [-0.2, -0.15) is 0 Å². The van der Waals surface area contributed by atoms with E-state index in [2.05, 4.69) is 19.9 Å². The molecule has 178 valence electrons. The van der Waals surface area contributed by atoms with Crippen molar-refractivity contribution in [1.82, 2.24) is 19.9 Å². The third-order valence-corrected chi connectivity index (χ3v) is 5.83. The minimum absolute atomic E-state index is 0.00258. The highest BCUT2D eigenvalue weighted by Gasteiger charge is 2.11. The van der Waals surface area contributed by atoms with Gasteiger partial charge < -0.3 is 21.3 Å². The normalized spacial score (nSPS) is 10.9. The predicted octanol–water partition coefficient (Wildman–Crippen LogP) is 4.01. The second-order valence-electron chi connectivity index (χ2n) is 8.03. The molecule has 0 bridgehead atoms. The van der Waals surface area contributed by atoms with Crippen molar-refractivity contribution in [2.45, 2.75) is 6.61 Å². The fraction of sp³-hybridized carbons (Fsp3) is 0.0741. The summed E-state index contributed by atoms with van der Waals surface area (Å²) in [5.74, 6) is 0.377. The number of hydrogen-bond donors (Lipinski definition) is 3. The van der Waals surface area contributed by atoms with Gasteiger partial charge in [-0.3, -0.25) is 9.97 Å². The van der Waals surface area contributed by atoms with Crippen LogP contribution in [0.4, 0.5) is 11.6 Å². The number of nitrogen functional groups attached to an aromatic ring is 2. The van der Waals surface area contributed by atoms with Gasteiger partial charge in [0.25, 0.3) is 0 Å². The average Bonchev–Trinajstić information content (AvgIpc) is 2.92. The second kappa shape index (κ2) is 9.40. The number of rotatable bonds is 2. The molecule has 9 heteroatoms. The lowest BCUT2D eigenvalue weighted by atomic mass is 10.1. The molecule has 6 aromatic rings. The molecule has 4 heterocycles. The van der Waals surface area contributed by atoms with E-state index in [0.717, 1.165) is 38.1 Å². The van der Waals surface area contributed by atoms with E-state index in [4.69, 9.17) is 21.3 Å².